The van der Waals surface area contributed by atoms with Gasteiger partial charge in [0.25, 0.3) is 0 Å². The van der Waals surface area contributed by atoms with Crippen molar-refractivity contribution in [3.8, 4) is 0 Å². The van der Waals surface area contributed by atoms with E-state index in [1.54, 1.807) is 7.05 Å². The Balaban J connectivity index is 1.31. The number of nitrogens with one attached hydrogen (secondary N) is 3. The standard InChI is InChI=1S/C28H39N7O2/c1-3-4-11-21(27(37)29-2)32-24(36)15-17-31-28-33-20-12-7-5-6-9-18(20)26(34-28)35-22-13-14-23(35)25-19(22)10-8-16-30-25/h8,10,16,21-23H,3-7,9,11-15,17H2,1-2H3,(H,29,37)(H,32,36)(H,31,33,34). The molecule has 2 aromatic heterocycles. The van der Waals surface area contributed by atoms with Crippen LogP contribution in [0.4, 0.5) is 11.8 Å². The van der Waals surface area contributed by atoms with E-state index in [2.05, 4.69) is 33.8 Å². The summed E-state index contributed by atoms with van der Waals surface area (Å²) in [7, 11) is 1.60. The van der Waals surface area contributed by atoms with E-state index in [1.165, 1.54) is 23.2 Å². The Kier molecular flexibility index (Phi) is 7.86. The molecule has 3 unspecified atom stereocenters. The molecule has 2 aliphatic heterocycles. The van der Waals surface area contributed by atoms with Crippen molar-refractivity contribution in [2.75, 3.05) is 23.8 Å². The number of likely N-dealkylation sites (N-methyl/N-ethyl adjacent to an activating group) is 1. The largest absolute Gasteiger partial charge is 0.357 e. The highest BCUT2D eigenvalue weighted by Gasteiger charge is 2.46. The maximum absolute atomic E-state index is 12.6. The maximum Gasteiger partial charge on any atom is 0.242 e. The number of rotatable bonds is 10. The lowest BCUT2D eigenvalue weighted by Gasteiger charge is -2.27. The quantitative estimate of drug-likeness (QED) is 0.422. The van der Waals surface area contributed by atoms with E-state index in [9.17, 15) is 9.59 Å². The molecule has 0 saturated carbocycles. The average molecular weight is 506 g/mol. The molecule has 3 aliphatic rings. The van der Waals surface area contributed by atoms with E-state index in [1.807, 2.05) is 12.3 Å². The Hall–Kier alpha value is -3.23. The van der Waals surface area contributed by atoms with Crippen molar-refractivity contribution < 1.29 is 9.59 Å². The minimum atomic E-state index is -0.492. The third-order valence-corrected chi connectivity index (χ3v) is 7.97. The van der Waals surface area contributed by atoms with Gasteiger partial charge < -0.3 is 20.9 Å². The smallest absolute Gasteiger partial charge is 0.242 e. The summed E-state index contributed by atoms with van der Waals surface area (Å²) in [5.74, 6) is 1.33. The number of nitrogens with zero attached hydrogens (tertiary/aromatic N) is 4. The first-order valence-electron chi connectivity index (χ1n) is 14.0. The molecule has 0 spiro atoms. The second-order valence-electron chi connectivity index (χ2n) is 10.4. The van der Waals surface area contributed by atoms with Crippen LogP contribution in [0.15, 0.2) is 18.3 Å². The lowest BCUT2D eigenvalue weighted by Crippen LogP contribution is -2.46. The average Bonchev–Trinajstić information content (AvgIpc) is 3.38. The van der Waals surface area contributed by atoms with Crippen molar-refractivity contribution in [3.63, 3.8) is 0 Å². The molecule has 9 heteroatoms. The molecule has 5 rings (SSSR count). The summed E-state index contributed by atoms with van der Waals surface area (Å²) in [4.78, 5) is 41.9. The van der Waals surface area contributed by atoms with E-state index in [0.717, 1.165) is 62.9 Å². The molecule has 2 aromatic rings. The molecule has 4 heterocycles. The molecular formula is C28H39N7O2. The molecule has 3 N–H and O–H groups in total. The fourth-order valence-electron chi connectivity index (χ4n) is 6.12. The highest BCUT2D eigenvalue weighted by Crippen LogP contribution is 2.54. The third kappa shape index (κ3) is 5.26. The zero-order valence-electron chi connectivity index (χ0n) is 22.1. The fraction of sp³-hybridized carbons (Fsp3) is 0.607. The number of pyridine rings is 1. The molecular weight excluding hydrogens is 466 g/mol. The number of hydrogen-bond acceptors (Lipinski definition) is 7. The van der Waals surface area contributed by atoms with E-state index >= 15 is 0 Å². The van der Waals surface area contributed by atoms with Crippen molar-refractivity contribution in [2.45, 2.75) is 95.7 Å². The summed E-state index contributed by atoms with van der Waals surface area (Å²) >= 11 is 0. The van der Waals surface area contributed by atoms with Crippen LogP contribution < -0.4 is 20.9 Å². The number of unbranched alkanes of at least 4 members (excludes halogenated alkanes) is 1. The van der Waals surface area contributed by atoms with Gasteiger partial charge in [-0.25, -0.2) is 4.98 Å². The molecule has 198 valence electrons. The van der Waals surface area contributed by atoms with Crippen LogP contribution in [0.5, 0.6) is 0 Å². The van der Waals surface area contributed by atoms with Gasteiger partial charge in [0, 0.05) is 31.8 Å². The van der Waals surface area contributed by atoms with Crippen molar-refractivity contribution >= 4 is 23.6 Å². The van der Waals surface area contributed by atoms with Gasteiger partial charge in [-0.3, -0.25) is 14.6 Å². The van der Waals surface area contributed by atoms with Gasteiger partial charge in [0.15, 0.2) is 0 Å². The van der Waals surface area contributed by atoms with Crippen LogP contribution >= 0.6 is 0 Å². The van der Waals surface area contributed by atoms with Crippen molar-refractivity contribution in [2.24, 2.45) is 0 Å². The van der Waals surface area contributed by atoms with Gasteiger partial charge in [-0.05, 0) is 56.6 Å². The number of carbonyl (C=O) groups is 2. The summed E-state index contributed by atoms with van der Waals surface area (Å²) < 4.78 is 0. The third-order valence-electron chi connectivity index (χ3n) is 7.97. The topological polar surface area (TPSA) is 112 Å². The number of fused-ring (bicyclic) bond motifs is 6. The predicted molar refractivity (Wildman–Crippen MR) is 143 cm³/mol. The van der Waals surface area contributed by atoms with Crippen molar-refractivity contribution in [3.05, 3.63) is 40.8 Å². The first-order valence-corrected chi connectivity index (χ1v) is 14.0. The Morgan fingerprint density at radius 3 is 2.78 bits per heavy atom. The minimum Gasteiger partial charge on any atom is -0.357 e. The van der Waals surface area contributed by atoms with E-state index in [0.29, 0.717) is 25.0 Å². The van der Waals surface area contributed by atoms with Crippen molar-refractivity contribution in [1.82, 2.24) is 25.6 Å². The molecule has 1 aliphatic carbocycles. The molecule has 1 fully saturated rings. The Bertz CT molecular complexity index is 1110. The second-order valence-corrected chi connectivity index (χ2v) is 10.4. The minimum absolute atomic E-state index is 0.147. The number of anilines is 2. The predicted octanol–water partition coefficient (Wildman–Crippen LogP) is 3.76. The normalized spacial score (nSPS) is 20.5. The van der Waals surface area contributed by atoms with Crippen LogP contribution in [0.1, 0.15) is 99.3 Å². The maximum atomic E-state index is 12.6. The number of carbonyl (C=O) groups excluding carboxylic acids is 2. The van der Waals surface area contributed by atoms with Crippen LogP contribution in [-0.4, -0.2) is 46.4 Å². The lowest BCUT2D eigenvalue weighted by atomic mass is 9.96. The van der Waals surface area contributed by atoms with Gasteiger partial charge >= 0.3 is 0 Å². The molecule has 0 aromatic carbocycles. The van der Waals surface area contributed by atoms with Gasteiger partial charge in [0.2, 0.25) is 17.8 Å². The van der Waals surface area contributed by atoms with Crippen LogP contribution in [0, 0.1) is 0 Å². The molecule has 37 heavy (non-hydrogen) atoms. The molecule has 1 saturated heterocycles. The molecule has 2 amide bonds. The Morgan fingerprint density at radius 1 is 1.14 bits per heavy atom. The Morgan fingerprint density at radius 2 is 1.97 bits per heavy atom. The fourth-order valence-corrected chi connectivity index (χ4v) is 6.12. The summed E-state index contributed by atoms with van der Waals surface area (Å²) in [6.45, 7) is 2.48. The highest BCUT2D eigenvalue weighted by atomic mass is 16.2. The summed E-state index contributed by atoms with van der Waals surface area (Å²) in [5.41, 5.74) is 4.95. The summed E-state index contributed by atoms with van der Waals surface area (Å²) in [5, 5.41) is 8.85. The monoisotopic (exact) mass is 505 g/mol. The van der Waals surface area contributed by atoms with E-state index in [4.69, 9.17) is 15.0 Å². The van der Waals surface area contributed by atoms with Crippen LogP contribution in [-0.2, 0) is 22.4 Å². The molecule has 0 radical (unpaired) electrons. The number of amides is 2. The summed E-state index contributed by atoms with van der Waals surface area (Å²) in [6, 6.07) is 4.34. The van der Waals surface area contributed by atoms with Gasteiger partial charge in [-0.15, -0.1) is 0 Å². The highest BCUT2D eigenvalue weighted by molar-refractivity contribution is 5.87. The first-order chi connectivity index (χ1) is 18.1. The zero-order valence-corrected chi connectivity index (χ0v) is 22.1. The molecule has 2 bridgehead atoms. The summed E-state index contributed by atoms with van der Waals surface area (Å²) in [6.07, 6.45) is 12.3. The van der Waals surface area contributed by atoms with Gasteiger partial charge in [0.1, 0.15) is 11.9 Å². The SMILES string of the molecule is CCCCC(NC(=O)CCNc1nc2c(c(N3C4CCC3c3ncccc34)n1)CCCCC2)C(=O)NC. The number of aryl methyl sites for hydroxylation is 1. The Labute approximate surface area is 219 Å². The lowest BCUT2D eigenvalue weighted by molar-refractivity contribution is -0.128. The first kappa shape index (κ1) is 25.4. The van der Waals surface area contributed by atoms with E-state index in [-0.39, 0.29) is 24.3 Å². The van der Waals surface area contributed by atoms with Gasteiger partial charge in [-0.1, -0.05) is 32.3 Å². The number of aromatic nitrogens is 3. The van der Waals surface area contributed by atoms with Gasteiger partial charge in [0.05, 0.1) is 23.5 Å². The van der Waals surface area contributed by atoms with Crippen molar-refractivity contribution in [1.29, 1.82) is 0 Å². The van der Waals surface area contributed by atoms with Gasteiger partial charge in [-0.2, -0.15) is 4.98 Å². The zero-order chi connectivity index (χ0) is 25.8. The molecule has 9 nitrogen and oxygen atoms in total. The number of hydrogen-bond donors (Lipinski definition) is 3. The molecule has 3 atom stereocenters. The second kappa shape index (κ2) is 11.4. The van der Waals surface area contributed by atoms with E-state index < -0.39 is 6.04 Å². The van der Waals surface area contributed by atoms with Crippen LogP contribution in [0.2, 0.25) is 0 Å². The van der Waals surface area contributed by atoms with Crippen LogP contribution in [0.3, 0.4) is 0 Å². The van der Waals surface area contributed by atoms with Crippen LogP contribution in [0.25, 0.3) is 0 Å².